The van der Waals surface area contributed by atoms with Crippen molar-refractivity contribution in [1.29, 1.82) is 0 Å². The largest absolute Gasteiger partial charge is 0.493 e. The van der Waals surface area contributed by atoms with Gasteiger partial charge in [0.2, 0.25) is 11.7 Å². The lowest BCUT2D eigenvalue weighted by molar-refractivity contribution is -0.122. The van der Waals surface area contributed by atoms with Crippen LogP contribution in [0.4, 0.5) is 0 Å². The Kier molecular flexibility index (Phi) is 6.99. The molecule has 6 heteroatoms. The Labute approximate surface area is 172 Å². The first-order valence-electron chi connectivity index (χ1n) is 9.91. The van der Waals surface area contributed by atoms with Crippen LogP contribution in [0.2, 0.25) is 0 Å². The number of carbonyl (C=O) groups excluding carboxylic acids is 1. The Morgan fingerprint density at radius 2 is 1.79 bits per heavy atom. The number of aryl methyl sites for hydroxylation is 1. The number of hydrogen-bond donors (Lipinski definition) is 1. The number of amides is 1. The highest BCUT2D eigenvalue weighted by molar-refractivity contribution is 5.78. The van der Waals surface area contributed by atoms with E-state index in [9.17, 15) is 4.79 Å². The molecule has 1 N–H and O–H groups in total. The summed E-state index contributed by atoms with van der Waals surface area (Å²) in [7, 11) is 6.75. The van der Waals surface area contributed by atoms with Crippen LogP contribution in [0.3, 0.4) is 0 Å². The van der Waals surface area contributed by atoms with Crippen LogP contribution >= 0.6 is 0 Å². The minimum absolute atomic E-state index is 0.00990. The summed E-state index contributed by atoms with van der Waals surface area (Å²) in [5.74, 6) is 1.68. The summed E-state index contributed by atoms with van der Waals surface area (Å²) >= 11 is 0. The van der Waals surface area contributed by atoms with Crippen molar-refractivity contribution >= 4 is 5.91 Å². The fourth-order valence-electron chi connectivity index (χ4n) is 4.02. The van der Waals surface area contributed by atoms with Gasteiger partial charge in [0.25, 0.3) is 0 Å². The number of ether oxygens (including phenoxy) is 3. The second-order valence-electron chi connectivity index (χ2n) is 7.33. The maximum absolute atomic E-state index is 12.6. The summed E-state index contributed by atoms with van der Waals surface area (Å²) in [4.78, 5) is 14.7. The molecule has 0 radical (unpaired) electrons. The Balaban J connectivity index is 1.62. The molecule has 0 aliphatic heterocycles. The van der Waals surface area contributed by atoms with Gasteiger partial charge in [-0.3, -0.25) is 9.69 Å². The van der Waals surface area contributed by atoms with Crippen LogP contribution in [0.1, 0.15) is 35.6 Å². The molecule has 0 saturated carbocycles. The third kappa shape index (κ3) is 4.82. The lowest BCUT2D eigenvalue weighted by Gasteiger charge is -2.32. The van der Waals surface area contributed by atoms with Gasteiger partial charge in [0.05, 0.1) is 27.9 Å². The van der Waals surface area contributed by atoms with Crippen molar-refractivity contribution in [3.63, 3.8) is 0 Å². The summed E-state index contributed by atoms with van der Waals surface area (Å²) in [6, 6.07) is 12.5. The molecule has 156 valence electrons. The van der Waals surface area contributed by atoms with Crippen LogP contribution in [-0.2, 0) is 17.8 Å². The molecule has 3 rings (SSSR count). The first-order chi connectivity index (χ1) is 14.1. The third-order valence-electron chi connectivity index (χ3n) is 5.48. The molecule has 29 heavy (non-hydrogen) atoms. The maximum Gasteiger partial charge on any atom is 0.234 e. The lowest BCUT2D eigenvalue weighted by atomic mass is 9.87. The van der Waals surface area contributed by atoms with Crippen molar-refractivity contribution < 1.29 is 19.0 Å². The molecule has 6 nitrogen and oxygen atoms in total. The minimum atomic E-state index is -0.00990. The number of hydrogen-bond acceptors (Lipinski definition) is 5. The SMILES string of the molecule is COc1cc(CNC(=O)CN(C)[C@@H]2CCCc3ccccc32)cc(OC)c1OC. The first-order valence-corrected chi connectivity index (χ1v) is 9.91. The molecule has 2 aromatic carbocycles. The van der Waals surface area contributed by atoms with E-state index in [-0.39, 0.29) is 11.9 Å². The van der Waals surface area contributed by atoms with Crippen molar-refractivity contribution in [3.8, 4) is 17.2 Å². The van der Waals surface area contributed by atoms with Crippen LogP contribution in [-0.4, -0.2) is 45.7 Å². The predicted octanol–water partition coefficient (Wildman–Crippen LogP) is 3.34. The molecular formula is C23H30N2O4. The molecule has 0 bridgehead atoms. The predicted molar refractivity (Wildman–Crippen MR) is 113 cm³/mol. The van der Waals surface area contributed by atoms with Crippen molar-refractivity contribution in [3.05, 3.63) is 53.1 Å². The average Bonchev–Trinajstić information content (AvgIpc) is 2.76. The highest BCUT2D eigenvalue weighted by Gasteiger charge is 2.24. The molecule has 1 aliphatic rings. The van der Waals surface area contributed by atoms with Crippen molar-refractivity contribution in [1.82, 2.24) is 10.2 Å². The van der Waals surface area contributed by atoms with Gasteiger partial charge in [0, 0.05) is 12.6 Å². The Bertz CT molecular complexity index is 828. The Morgan fingerprint density at radius 1 is 1.10 bits per heavy atom. The zero-order valence-electron chi connectivity index (χ0n) is 17.7. The average molecular weight is 399 g/mol. The van der Waals surface area contributed by atoms with Crippen molar-refractivity contribution in [2.24, 2.45) is 0 Å². The van der Waals surface area contributed by atoms with E-state index in [1.165, 1.54) is 11.1 Å². The number of benzene rings is 2. The quantitative estimate of drug-likeness (QED) is 0.739. The standard InChI is InChI=1S/C23H30N2O4/c1-25(19-11-7-9-17-8-5-6-10-18(17)19)15-22(26)24-14-16-12-20(27-2)23(29-4)21(13-16)28-3/h5-6,8,10,12-13,19H,7,9,11,14-15H2,1-4H3,(H,24,26)/t19-/m1/s1. The summed E-state index contributed by atoms with van der Waals surface area (Å²) in [5, 5.41) is 3.00. The second kappa shape index (κ2) is 9.65. The smallest absolute Gasteiger partial charge is 0.234 e. The van der Waals surface area contributed by atoms with Gasteiger partial charge in [-0.25, -0.2) is 0 Å². The van der Waals surface area contributed by atoms with Crippen molar-refractivity contribution in [2.45, 2.75) is 31.8 Å². The molecule has 0 saturated heterocycles. The fraction of sp³-hybridized carbons (Fsp3) is 0.435. The molecule has 0 spiro atoms. The van der Waals surface area contributed by atoms with Crippen LogP contribution in [0.25, 0.3) is 0 Å². The van der Waals surface area contributed by atoms with Crippen LogP contribution in [0.15, 0.2) is 36.4 Å². The zero-order valence-corrected chi connectivity index (χ0v) is 17.7. The molecule has 0 aromatic heterocycles. The summed E-state index contributed by atoms with van der Waals surface area (Å²) in [6.07, 6.45) is 3.35. The second-order valence-corrected chi connectivity index (χ2v) is 7.33. The number of nitrogens with one attached hydrogen (secondary N) is 1. The number of methoxy groups -OCH3 is 3. The first kappa shape index (κ1) is 21.0. The van der Waals surface area contributed by atoms with Gasteiger partial charge in [-0.15, -0.1) is 0 Å². The highest BCUT2D eigenvalue weighted by atomic mass is 16.5. The highest BCUT2D eigenvalue weighted by Crippen LogP contribution is 2.38. The van der Waals surface area contributed by atoms with E-state index in [1.54, 1.807) is 21.3 Å². The third-order valence-corrected chi connectivity index (χ3v) is 5.48. The number of nitrogens with zero attached hydrogens (tertiary/aromatic N) is 1. The molecule has 0 fully saturated rings. The van der Waals surface area contributed by atoms with E-state index < -0.39 is 0 Å². The van der Waals surface area contributed by atoms with Gasteiger partial charge in [-0.2, -0.15) is 0 Å². The van der Waals surface area contributed by atoms with E-state index in [0.717, 1.165) is 24.8 Å². The van der Waals surface area contributed by atoms with Crippen LogP contribution in [0.5, 0.6) is 17.2 Å². The van der Waals surface area contributed by atoms with Gasteiger partial charge < -0.3 is 19.5 Å². The number of fused-ring (bicyclic) bond motifs is 1. The van der Waals surface area contributed by atoms with Gasteiger partial charge in [-0.1, -0.05) is 24.3 Å². The minimum Gasteiger partial charge on any atom is -0.493 e. The summed E-state index contributed by atoms with van der Waals surface area (Å²) in [5.41, 5.74) is 3.63. The van der Waals surface area contributed by atoms with Gasteiger partial charge in [-0.05, 0) is 55.1 Å². The van der Waals surface area contributed by atoms with Gasteiger partial charge >= 0.3 is 0 Å². The number of likely N-dealkylation sites (N-methyl/N-ethyl adjacent to an activating group) is 1. The van der Waals surface area contributed by atoms with Gasteiger partial charge in [0.15, 0.2) is 11.5 Å². The van der Waals surface area contributed by atoms with Crippen LogP contribution < -0.4 is 19.5 Å². The maximum atomic E-state index is 12.6. The summed E-state index contributed by atoms with van der Waals surface area (Å²) < 4.78 is 16.1. The Hall–Kier alpha value is -2.73. The molecular weight excluding hydrogens is 368 g/mol. The summed E-state index contributed by atoms with van der Waals surface area (Å²) in [6.45, 7) is 0.744. The van der Waals surface area contributed by atoms with Crippen LogP contribution in [0, 0.1) is 0 Å². The molecule has 0 unspecified atom stereocenters. The van der Waals surface area contributed by atoms with E-state index in [4.69, 9.17) is 14.2 Å². The van der Waals surface area contributed by atoms with E-state index in [2.05, 4.69) is 34.5 Å². The van der Waals surface area contributed by atoms with Gasteiger partial charge in [0.1, 0.15) is 0 Å². The molecule has 2 aromatic rings. The van der Waals surface area contributed by atoms with E-state index in [0.29, 0.717) is 30.3 Å². The molecule has 1 aliphatic carbocycles. The lowest BCUT2D eigenvalue weighted by Crippen LogP contribution is -2.37. The number of rotatable bonds is 8. The number of carbonyl (C=O) groups is 1. The molecule has 1 amide bonds. The Morgan fingerprint density at radius 3 is 2.45 bits per heavy atom. The van der Waals surface area contributed by atoms with Crippen molar-refractivity contribution in [2.75, 3.05) is 34.9 Å². The normalized spacial score (nSPS) is 15.6. The topological polar surface area (TPSA) is 60.0 Å². The monoisotopic (exact) mass is 398 g/mol. The van der Waals surface area contributed by atoms with E-state index >= 15 is 0 Å². The molecule has 1 atom stereocenters. The molecule has 0 heterocycles. The fourth-order valence-corrected chi connectivity index (χ4v) is 4.02. The zero-order chi connectivity index (χ0) is 20.8. The van der Waals surface area contributed by atoms with E-state index in [1.807, 2.05) is 19.2 Å².